The summed E-state index contributed by atoms with van der Waals surface area (Å²) in [5.74, 6) is -0.941. The molecule has 0 aliphatic heterocycles. The smallest absolute Gasteiger partial charge is 0.328 e. The summed E-state index contributed by atoms with van der Waals surface area (Å²) in [6, 6.07) is 16.6. The van der Waals surface area contributed by atoms with Gasteiger partial charge in [-0.2, -0.15) is 0 Å². The predicted octanol–water partition coefficient (Wildman–Crippen LogP) is 5.23. The van der Waals surface area contributed by atoms with E-state index in [1.807, 2.05) is 18.2 Å². The van der Waals surface area contributed by atoms with Gasteiger partial charge >= 0.3 is 5.97 Å². The first-order chi connectivity index (χ1) is 11.3. The highest BCUT2D eigenvalue weighted by Gasteiger charge is 2.13. The number of carboxylic acid groups (broad SMARTS) is 1. The van der Waals surface area contributed by atoms with Crippen molar-refractivity contribution in [3.05, 3.63) is 65.7 Å². The van der Waals surface area contributed by atoms with Gasteiger partial charge in [-0.15, -0.1) is 0 Å². The molecule has 1 aromatic heterocycles. The molecule has 2 aromatic carbocycles. The second-order valence-corrected chi connectivity index (χ2v) is 7.03. The zero-order chi connectivity index (χ0) is 17.3. The third kappa shape index (κ3) is 3.40. The molecule has 0 aliphatic rings. The molecule has 2 N–H and O–H groups in total. The number of hydrogen-bond donors (Lipinski definition) is 2. The van der Waals surface area contributed by atoms with Gasteiger partial charge in [-0.05, 0) is 46.4 Å². The number of aromatic nitrogens is 1. The number of aliphatic carboxylic acids is 1. The van der Waals surface area contributed by atoms with Gasteiger partial charge in [0.15, 0.2) is 0 Å². The first kappa shape index (κ1) is 16.1. The summed E-state index contributed by atoms with van der Waals surface area (Å²) in [5.41, 5.74) is 5.57. The second-order valence-electron chi connectivity index (χ2n) is 7.03. The van der Waals surface area contributed by atoms with Crippen LogP contribution in [0.15, 0.2) is 54.6 Å². The Morgan fingerprint density at radius 2 is 1.75 bits per heavy atom. The fourth-order valence-electron chi connectivity index (χ4n) is 2.73. The molecule has 0 atom stereocenters. The SMILES string of the molecule is CC(C)(C)c1ccc(-c2cc3cc(/C=C/C(=O)O)ccc3[nH]2)cc1. The predicted molar refractivity (Wildman–Crippen MR) is 99.1 cm³/mol. The van der Waals surface area contributed by atoms with Crippen molar-refractivity contribution < 1.29 is 9.90 Å². The lowest BCUT2D eigenvalue weighted by molar-refractivity contribution is -0.131. The topological polar surface area (TPSA) is 53.1 Å². The molecule has 0 saturated heterocycles. The van der Waals surface area contributed by atoms with Crippen LogP contribution in [0.1, 0.15) is 31.9 Å². The Bertz CT molecular complexity index is 909. The summed E-state index contributed by atoms with van der Waals surface area (Å²) in [6.07, 6.45) is 2.76. The van der Waals surface area contributed by atoms with Crippen LogP contribution in [0.2, 0.25) is 0 Å². The van der Waals surface area contributed by atoms with Crippen LogP contribution in [0.3, 0.4) is 0 Å². The van der Waals surface area contributed by atoms with Crippen molar-refractivity contribution >= 4 is 22.9 Å². The summed E-state index contributed by atoms with van der Waals surface area (Å²) in [6.45, 7) is 6.62. The summed E-state index contributed by atoms with van der Waals surface area (Å²) in [5, 5.41) is 9.79. The fraction of sp³-hybridized carbons (Fsp3) is 0.190. The lowest BCUT2D eigenvalue weighted by Crippen LogP contribution is -2.10. The van der Waals surface area contributed by atoms with Crippen molar-refractivity contribution in [2.24, 2.45) is 0 Å². The number of carboxylic acids is 1. The van der Waals surface area contributed by atoms with Crippen LogP contribution in [0, 0.1) is 0 Å². The van der Waals surface area contributed by atoms with E-state index in [0.717, 1.165) is 33.8 Å². The number of fused-ring (bicyclic) bond motifs is 1. The van der Waals surface area contributed by atoms with Crippen molar-refractivity contribution in [2.75, 3.05) is 0 Å². The molecular weight excluding hydrogens is 298 g/mol. The third-order valence-electron chi connectivity index (χ3n) is 4.13. The number of nitrogens with one attached hydrogen (secondary N) is 1. The van der Waals surface area contributed by atoms with Gasteiger partial charge in [0.05, 0.1) is 0 Å². The quantitative estimate of drug-likeness (QED) is 0.649. The second kappa shape index (κ2) is 6.00. The molecule has 0 spiro atoms. The molecule has 0 fully saturated rings. The van der Waals surface area contributed by atoms with Gasteiger partial charge in [-0.1, -0.05) is 51.1 Å². The zero-order valence-electron chi connectivity index (χ0n) is 14.1. The molecular formula is C21H21NO2. The van der Waals surface area contributed by atoms with Crippen LogP contribution in [-0.2, 0) is 10.2 Å². The van der Waals surface area contributed by atoms with E-state index < -0.39 is 5.97 Å². The first-order valence-electron chi connectivity index (χ1n) is 7.98. The van der Waals surface area contributed by atoms with Crippen molar-refractivity contribution in [3.8, 4) is 11.3 Å². The lowest BCUT2D eigenvalue weighted by atomic mass is 9.86. The summed E-state index contributed by atoms with van der Waals surface area (Å²) in [7, 11) is 0. The number of aromatic amines is 1. The van der Waals surface area contributed by atoms with Crippen LogP contribution in [0.4, 0.5) is 0 Å². The fourth-order valence-corrected chi connectivity index (χ4v) is 2.73. The molecule has 3 rings (SSSR count). The van der Waals surface area contributed by atoms with Gasteiger partial charge in [0.1, 0.15) is 0 Å². The molecule has 3 heteroatoms. The van der Waals surface area contributed by atoms with E-state index in [1.54, 1.807) is 6.08 Å². The molecule has 24 heavy (non-hydrogen) atoms. The van der Waals surface area contributed by atoms with E-state index in [4.69, 9.17) is 5.11 Å². The Hall–Kier alpha value is -2.81. The highest BCUT2D eigenvalue weighted by Crippen LogP contribution is 2.28. The van der Waals surface area contributed by atoms with E-state index in [-0.39, 0.29) is 5.41 Å². The van der Waals surface area contributed by atoms with Gasteiger partial charge in [0.25, 0.3) is 0 Å². The number of rotatable bonds is 3. The van der Waals surface area contributed by atoms with E-state index in [9.17, 15) is 4.79 Å². The largest absolute Gasteiger partial charge is 0.478 e. The van der Waals surface area contributed by atoms with E-state index >= 15 is 0 Å². The van der Waals surface area contributed by atoms with Gasteiger partial charge in [0, 0.05) is 22.7 Å². The number of benzene rings is 2. The van der Waals surface area contributed by atoms with Gasteiger partial charge in [-0.3, -0.25) is 0 Å². The minimum Gasteiger partial charge on any atom is -0.478 e. The average molecular weight is 319 g/mol. The summed E-state index contributed by atoms with van der Waals surface area (Å²) in [4.78, 5) is 14.1. The standard InChI is InChI=1S/C21H21NO2/c1-21(2,3)17-8-6-15(7-9-17)19-13-16-12-14(5-11-20(23)24)4-10-18(16)22-19/h4-13,22H,1-3H3,(H,23,24)/b11-5+. The minimum atomic E-state index is -0.941. The highest BCUT2D eigenvalue weighted by atomic mass is 16.4. The molecule has 0 bridgehead atoms. The molecule has 0 unspecified atom stereocenters. The minimum absolute atomic E-state index is 0.143. The monoisotopic (exact) mass is 319 g/mol. The van der Waals surface area contributed by atoms with Crippen LogP contribution in [0.25, 0.3) is 28.2 Å². The van der Waals surface area contributed by atoms with E-state index in [2.05, 4.69) is 56.1 Å². The van der Waals surface area contributed by atoms with Crippen molar-refractivity contribution in [2.45, 2.75) is 26.2 Å². The molecule has 3 aromatic rings. The Balaban J connectivity index is 1.94. The first-order valence-corrected chi connectivity index (χ1v) is 7.98. The van der Waals surface area contributed by atoms with Crippen molar-refractivity contribution in [1.29, 1.82) is 0 Å². The Kier molecular flexibility index (Phi) is 4.02. The average Bonchev–Trinajstić information content (AvgIpc) is 2.95. The maximum atomic E-state index is 10.6. The lowest BCUT2D eigenvalue weighted by Gasteiger charge is -2.19. The van der Waals surface area contributed by atoms with Crippen molar-refractivity contribution in [1.82, 2.24) is 4.98 Å². The summed E-state index contributed by atoms with van der Waals surface area (Å²) < 4.78 is 0. The highest BCUT2D eigenvalue weighted by molar-refractivity contribution is 5.90. The molecule has 0 saturated carbocycles. The van der Waals surface area contributed by atoms with Crippen LogP contribution >= 0.6 is 0 Å². The number of hydrogen-bond acceptors (Lipinski definition) is 1. The normalized spacial score (nSPS) is 12.1. The Morgan fingerprint density at radius 3 is 2.38 bits per heavy atom. The zero-order valence-corrected chi connectivity index (χ0v) is 14.1. The number of carbonyl (C=O) groups is 1. The Labute approximate surface area is 141 Å². The molecule has 1 heterocycles. The Morgan fingerprint density at radius 1 is 1.04 bits per heavy atom. The van der Waals surface area contributed by atoms with Crippen LogP contribution in [-0.4, -0.2) is 16.1 Å². The molecule has 0 aliphatic carbocycles. The molecule has 0 amide bonds. The van der Waals surface area contributed by atoms with Crippen LogP contribution in [0.5, 0.6) is 0 Å². The maximum Gasteiger partial charge on any atom is 0.328 e. The van der Waals surface area contributed by atoms with Gasteiger partial charge < -0.3 is 10.1 Å². The molecule has 0 radical (unpaired) electrons. The van der Waals surface area contributed by atoms with Gasteiger partial charge in [0.2, 0.25) is 0 Å². The summed E-state index contributed by atoms with van der Waals surface area (Å²) >= 11 is 0. The molecule has 3 nitrogen and oxygen atoms in total. The van der Waals surface area contributed by atoms with E-state index in [1.165, 1.54) is 5.56 Å². The van der Waals surface area contributed by atoms with Crippen LogP contribution < -0.4 is 0 Å². The van der Waals surface area contributed by atoms with Crippen molar-refractivity contribution in [3.63, 3.8) is 0 Å². The molecule has 122 valence electrons. The van der Waals surface area contributed by atoms with E-state index in [0.29, 0.717) is 0 Å². The number of H-pyrrole nitrogens is 1. The maximum absolute atomic E-state index is 10.6. The van der Waals surface area contributed by atoms with Gasteiger partial charge in [-0.25, -0.2) is 4.79 Å². The third-order valence-corrected chi connectivity index (χ3v) is 4.13.